The van der Waals surface area contributed by atoms with Crippen LogP contribution in [-0.2, 0) is 14.3 Å². The van der Waals surface area contributed by atoms with Gasteiger partial charge in [0.2, 0.25) is 0 Å². The van der Waals surface area contributed by atoms with Crippen LogP contribution >= 0.6 is 0 Å². The van der Waals surface area contributed by atoms with Gasteiger partial charge in [-0.05, 0) is 51.5 Å². The molecule has 30 heavy (non-hydrogen) atoms. The standard InChI is InChI=1S/C24H29NO5/c1-14-21(24(27)30-15-7-4-5-8-15)22(23-18(25-14)9-6-10-19(23)26)17-12-11-16(28-2)13-20(17)29-3/h11-13,15,22,25H,4-10H2,1-3H3. The number of benzene rings is 1. The van der Waals surface area contributed by atoms with Crippen LogP contribution in [-0.4, -0.2) is 32.1 Å². The molecule has 0 amide bonds. The molecule has 1 aromatic carbocycles. The Labute approximate surface area is 177 Å². The fourth-order valence-electron chi connectivity index (χ4n) is 4.84. The number of rotatable bonds is 5. The van der Waals surface area contributed by atoms with Crippen LogP contribution in [0, 0.1) is 0 Å². The molecule has 1 aromatic rings. The van der Waals surface area contributed by atoms with Crippen molar-refractivity contribution in [2.75, 3.05) is 14.2 Å². The highest BCUT2D eigenvalue weighted by Gasteiger charge is 2.41. The number of dihydropyridines is 1. The van der Waals surface area contributed by atoms with Crippen LogP contribution in [0.5, 0.6) is 11.5 Å². The molecule has 1 aliphatic heterocycles. The van der Waals surface area contributed by atoms with Crippen LogP contribution in [0.4, 0.5) is 0 Å². The highest BCUT2D eigenvalue weighted by atomic mass is 16.5. The molecule has 2 aliphatic carbocycles. The number of nitrogens with one attached hydrogen (secondary N) is 1. The lowest BCUT2D eigenvalue weighted by Gasteiger charge is -2.35. The van der Waals surface area contributed by atoms with Crippen LogP contribution in [0.15, 0.2) is 40.7 Å². The first-order chi connectivity index (χ1) is 14.5. The van der Waals surface area contributed by atoms with E-state index in [-0.39, 0.29) is 17.9 Å². The molecule has 4 rings (SSSR count). The van der Waals surface area contributed by atoms with E-state index in [1.165, 1.54) is 0 Å². The van der Waals surface area contributed by atoms with Crippen molar-refractivity contribution in [3.63, 3.8) is 0 Å². The van der Waals surface area contributed by atoms with E-state index in [0.29, 0.717) is 29.1 Å². The minimum absolute atomic E-state index is 0.0475. The molecular weight excluding hydrogens is 382 g/mol. The lowest BCUT2D eigenvalue weighted by atomic mass is 9.75. The summed E-state index contributed by atoms with van der Waals surface area (Å²) in [5.74, 6) is 0.462. The van der Waals surface area contributed by atoms with Crippen LogP contribution in [0.1, 0.15) is 63.4 Å². The second-order valence-corrected chi connectivity index (χ2v) is 8.19. The minimum Gasteiger partial charge on any atom is -0.497 e. The smallest absolute Gasteiger partial charge is 0.337 e. The fourth-order valence-corrected chi connectivity index (χ4v) is 4.84. The SMILES string of the molecule is COc1ccc(C2C(C(=O)OC3CCCC3)=C(C)NC3=C2C(=O)CCC3)c(OC)c1. The van der Waals surface area contributed by atoms with Gasteiger partial charge in [-0.25, -0.2) is 4.79 Å². The van der Waals surface area contributed by atoms with Gasteiger partial charge in [-0.1, -0.05) is 6.07 Å². The summed E-state index contributed by atoms with van der Waals surface area (Å²) in [5, 5.41) is 3.34. The molecule has 0 spiro atoms. The van der Waals surface area contributed by atoms with Gasteiger partial charge in [-0.3, -0.25) is 4.79 Å². The molecule has 1 fully saturated rings. The number of allylic oxidation sites excluding steroid dienone is 3. The Morgan fingerprint density at radius 3 is 2.53 bits per heavy atom. The van der Waals surface area contributed by atoms with Gasteiger partial charge in [0.15, 0.2) is 5.78 Å². The second kappa shape index (κ2) is 8.54. The number of hydrogen-bond acceptors (Lipinski definition) is 6. The van der Waals surface area contributed by atoms with Gasteiger partial charge in [0.25, 0.3) is 0 Å². The number of carbonyl (C=O) groups is 2. The Hall–Kier alpha value is -2.76. The summed E-state index contributed by atoms with van der Waals surface area (Å²) in [7, 11) is 3.18. The third-order valence-corrected chi connectivity index (χ3v) is 6.32. The molecule has 1 N–H and O–H groups in total. The highest BCUT2D eigenvalue weighted by Crippen LogP contribution is 2.46. The Balaban J connectivity index is 1.81. The number of Topliss-reactive ketones (excluding diaryl/α,β-unsaturated/α-hetero) is 1. The molecule has 1 unspecified atom stereocenters. The van der Waals surface area contributed by atoms with E-state index in [4.69, 9.17) is 14.2 Å². The van der Waals surface area contributed by atoms with E-state index < -0.39 is 5.92 Å². The van der Waals surface area contributed by atoms with Crippen LogP contribution < -0.4 is 14.8 Å². The number of ether oxygens (including phenoxy) is 3. The highest BCUT2D eigenvalue weighted by molar-refractivity contribution is 6.04. The quantitative estimate of drug-likeness (QED) is 0.734. The summed E-state index contributed by atoms with van der Waals surface area (Å²) in [6, 6.07) is 5.51. The summed E-state index contributed by atoms with van der Waals surface area (Å²) < 4.78 is 16.8. The molecule has 160 valence electrons. The molecule has 0 aromatic heterocycles. The number of carbonyl (C=O) groups excluding carboxylic acids is 2. The predicted octanol–water partition coefficient (Wildman–Crippen LogP) is 4.16. The monoisotopic (exact) mass is 411 g/mol. The Bertz CT molecular complexity index is 924. The zero-order chi connectivity index (χ0) is 21.3. The normalized spacial score (nSPS) is 22.0. The molecule has 1 saturated carbocycles. The van der Waals surface area contributed by atoms with E-state index in [2.05, 4.69) is 5.32 Å². The van der Waals surface area contributed by atoms with Crippen LogP contribution in [0.25, 0.3) is 0 Å². The molecule has 1 atom stereocenters. The Morgan fingerprint density at radius 2 is 1.83 bits per heavy atom. The molecule has 0 radical (unpaired) electrons. The molecule has 0 bridgehead atoms. The van der Waals surface area contributed by atoms with Gasteiger partial charge in [-0.15, -0.1) is 0 Å². The number of hydrogen-bond donors (Lipinski definition) is 1. The van der Waals surface area contributed by atoms with E-state index in [1.807, 2.05) is 19.1 Å². The lowest BCUT2D eigenvalue weighted by Crippen LogP contribution is -2.35. The average Bonchev–Trinajstić information content (AvgIpc) is 3.25. The largest absolute Gasteiger partial charge is 0.497 e. The molecule has 0 saturated heterocycles. The van der Waals surface area contributed by atoms with Crippen molar-refractivity contribution in [3.8, 4) is 11.5 Å². The van der Waals surface area contributed by atoms with E-state index in [0.717, 1.165) is 55.5 Å². The minimum atomic E-state index is -0.510. The van der Waals surface area contributed by atoms with Crippen LogP contribution in [0.3, 0.4) is 0 Å². The van der Waals surface area contributed by atoms with Gasteiger partial charge in [0.1, 0.15) is 17.6 Å². The topological polar surface area (TPSA) is 73.9 Å². The maximum Gasteiger partial charge on any atom is 0.337 e. The number of ketones is 1. The predicted molar refractivity (Wildman–Crippen MR) is 112 cm³/mol. The molecule has 6 heteroatoms. The van der Waals surface area contributed by atoms with Gasteiger partial charge in [0, 0.05) is 35.0 Å². The fraction of sp³-hybridized carbons (Fsp3) is 0.500. The van der Waals surface area contributed by atoms with Crippen molar-refractivity contribution < 1.29 is 23.8 Å². The molecule has 3 aliphatic rings. The first kappa shape index (κ1) is 20.5. The van der Waals surface area contributed by atoms with Gasteiger partial charge in [-0.2, -0.15) is 0 Å². The van der Waals surface area contributed by atoms with Crippen molar-refractivity contribution in [3.05, 3.63) is 46.3 Å². The summed E-state index contributed by atoms with van der Waals surface area (Å²) >= 11 is 0. The third kappa shape index (κ3) is 3.71. The number of esters is 1. The van der Waals surface area contributed by atoms with Gasteiger partial charge < -0.3 is 19.5 Å². The van der Waals surface area contributed by atoms with E-state index in [1.54, 1.807) is 20.3 Å². The van der Waals surface area contributed by atoms with Gasteiger partial charge in [0.05, 0.1) is 25.7 Å². The Kier molecular flexibility index (Phi) is 5.84. The molecule has 6 nitrogen and oxygen atoms in total. The average molecular weight is 411 g/mol. The maximum absolute atomic E-state index is 13.3. The zero-order valence-corrected chi connectivity index (χ0v) is 17.9. The number of methoxy groups -OCH3 is 2. The second-order valence-electron chi connectivity index (χ2n) is 8.19. The summed E-state index contributed by atoms with van der Waals surface area (Å²) in [6.45, 7) is 1.89. The van der Waals surface area contributed by atoms with Crippen LogP contribution in [0.2, 0.25) is 0 Å². The van der Waals surface area contributed by atoms with Crippen molar-refractivity contribution in [2.24, 2.45) is 0 Å². The van der Waals surface area contributed by atoms with Crippen molar-refractivity contribution in [1.29, 1.82) is 0 Å². The molecular formula is C24H29NO5. The van der Waals surface area contributed by atoms with Crippen molar-refractivity contribution in [1.82, 2.24) is 5.32 Å². The zero-order valence-electron chi connectivity index (χ0n) is 17.9. The molecule has 1 heterocycles. The Morgan fingerprint density at radius 1 is 1.07 bits per heavy atom. The summed E-state index contributed by atoms with van der Waals surface area (Å²) in [5.41, 5.74) is 3.59. The van der Waals surface area contributed by atoms with E-state index >= 15 is 0 Å². The maximum atomic E-state index is 13.3. The van der Waals surface area contributed by atoms with Crippen molar-refractivity contribution >= 4 is 11.8 Å². The lowest BCUT2D eigenvalue weighted by molar-refractivity contribution is -0.144. The first-order valence-electron chi connectivity index (χ1n) is 10.7. The van der Waals surface area contributed by atoms with E-state index in [9.17, 15) is 9.59 Å². The summed E-state index contributed by atoms with van der Waals surface area (Å²) in [6.07, 6.45) is 6.00. The van der Waals surface area contributed by atoms with Crippen molar-refractivity contribution in [2.45, 2.75) is 63.9 Å². The third-order valence-electron chi connectivity index (χ3n) is 6.32. The first-order valence-corrected chi connectivity index (χ1v) is 10.7. The van der Waals surface area contributed by atoms with Gasteiger partial charge >= 0.3 is 5.97 Å². The summed E-state index contributed by atoms with van der Waals surface area (Å²) in [4.78, 5) is 26.3.